The second kappa shape index (κ2) is 8.74. The van der Waals surface area contributed by atoms with Crippen LogP contribution in [0.3, 0.4) is 0 Å². The molecule has 1 aromatic heterocycles. The first-order valence-electron chi connectivity index (χ1n) is 9.75. The molecule has 1 atom stereocenters. The summed E-state index contributed by atoms with van der Waals surface area (Å²) in [6.07, 6.45) is 1.08. The van der Waals surface area contributed by atoms with Crippen LogP contribution in [0.15, 0.2) is 52.4 Å². The van der Waals surface area contributed by atoms with Crippen molar-refractivity contribution < 1.29 is 18.1 Å². The third kappa shape index (κ3) is 4.33. The molecule has 12 heteroatoms. The standard InChI is InChI=1S/C20H19ClN4O5S2/c1-23-17-9-6-15(25(27)28)11-18(17)31-20(23)22-19(26)13-3-2-10-24(12-13)32(29,30)16-7-4-14(21)5-8-16/h4-9,11,13H,2-3,10,12H2,1H3. The second-order valence-corrected chi connectivity index (χ2v) is 10.8. The molecule has 3 aromatic rings. The summed E-state index contributed by atoms with van der Waals surface area (Å²) in [5, 5.41) is 11.5. The molecule has 0 bridgehead atoms. The summed E-state index contributed by atoms with van der Waals surface area (Å²) in [6.45, 7) is 0.377. The number of hydrogen-bond donors (Lipinski definition) is 0. The largest absolute Gasteiger partial charge is 0.319 e. The summed E-state index contributed by atoms with van der Waals surface area (Å²) in [5.41, 5.74) is 0.690. The van der Waals surface area contributed by atoms with Crippen molar-refractivity contribution in [3.8, 4) is 0 Å². The van der Waals surface area contributed by atoms with E-state index in [-0.39, 0.29) is 17.1 Å². The van der Waals surface area contributed by atoms with Crippen LogP contribution in [0.2, 0.25) is 5.02 Å². The number of piperidine rings is 1. The van der Waals surface area contributed by atoms with Gasteiger partial charge >= 0.3 is 0 Å². The van der Waals surface area contributed by atoms with Crippen molar-refractivity contribution in [1.29, 1.82) is 0 Å². The molecule has 168 valence electrons. The first kappa shape index (κ1) is 22.6. The number of nitro groups is 1. The molecule has 1 aliphatic rings. The third-order valence-electron chi connectivity index (χ3n) is 5.39. The quantitative estimate of drug-likeness (QED) is 0.407. The van der Waals surface area contributed by atoms with Gasteiger partial charge in [0, 0.05) is 37.3 Å². The fraction of sp³-hybridized carbons (Fsp3) is 0.300. The van der Waals surface area contributed by atoms with Gasteiger partial charge in [-0.25, -0.2) is 8.42 Å². The number of rotatable bonds is 4. The van der Waals surface area contributed by atoms with E-state index >= 15 is 0 Å². The molecule has 32 heavy (non-hydrogen) atoms. The van der Waals surface area contributed by atoms with E-state index in [0.717, 1.165) is 5.52 Å². The molecule has 0 spiro atoms. The van der Waals surface area contributed by atoms with Crippen LogP contribution in [0.1, 0.15) is 12.8 Å². The summed E-state index contributed by atoms with van der Waals surface area (Å²) in [6, 6.07) is 10.4. The zero-order valence-corrected chi connectivity index (χ0v) is 19.4. The SMILES string of the molecule is Cn1c(=NC(=O)C2CCCN(S(=O)(=O)c3ccc(Cl)cc3)C2)sc2cc([N+](=O)[O-])ccc21. The number of amides is 1. The Hall–Kier alpha value is -2.60. The molecule has 0 radical (unpaired) electrons. The van der Waals surface area contributed by atoms with Crippen molar-refractivity contribution in [2.45, 2.75) is 17.7 Å². The summed E-state index contributed by atoms with van der Waals surface area (Å²) in [7, 11) is -2.01. The van der Waals surface area contributed by atoms with Crippen LogP contribution < -0.4 is 4.80 Å². The van der Waals surface area contributed by atoms with Crippen LogP contribution in [-0.2, 0) is 21.9 Å². The van der Waals surface area contributed by atoms with Crippen molar-refractivity contribution in [3.05, 3.63) is 62.4 Å². The first-order chi connectivity index (χ1) is 15.2. The number of benzene rings is 2. The molecule has 1 amide bonds. The third-order valence-corrected chi connectivity index (χ3v) is 8.62. The predicted molar refractivity (Wildman–Crippen MR) is 121 cm³/mol. The van der Waals surface area contributed by atoms with Gasteiger partial charge in [-0.15, -0.1) is 0 Å². The maximum Gasteiger partial charge on any atom is 0.270 e. The minimum Gasteiger partial charge on any atom is -0.319 e. The van der Waals surface area contributed by atoms with E-state index in [1.165, 1.54) is 52.0 Å². The number of carbonyl (C=O) groups excluding carboxylic acids is 1. The molecule has 2 aromatic carbocycles. The molecule has 0 N–H and O–H groups in total. The van der Waals surface area contributed by atoms with E-state index in [1.54, 1.807) is 17.7 Å². The van der Waals surface area contributed by atoms with Crippen molar-refractivity contribution >= 4 is 54.8 Å². The van der Waals surface area contributed by atoms with E-state index in [0.29, 0.717) is 33.9 Å². The van der Waals surface area contributed by atoms with Gasteiger partial charge < -0.3 is 4.57 Å². The number of thiazole rings is 1. The lowest BCUT2D eigenvalue weighted by molar-refractivity contribution is -0.384. The van der Waals surface area contributed by atoms with Gasteiger partial charge in [-0.05, 0) is 43.2 Å². The van der Waals surface area contributed by atoms with Gasteiger partial charge in [0.25, 0.3) is 11.6 Å². The second-order valence-electron chi connectivity index (χ2n) is 7.46. The van der Waals surface area contributed by atoms with Crippen LogP contribution in [0, 0.1) is 16.0 Å². The summed E-state index contributed by atoms with van der Waals surface area (Å²) < 4.78 is 29.6. The average molecular weight is 495 g/mol. The minimum atomic E-state index is -3.75. The van der Waals surface area contributed by atoms with Gasteiger partial charge in [-0.1, -0.05) is 22.9 Å². The molecule has 0 aliphatic carbocycles. The number of nitrogens with zero attached hydrogens (tertiary/aromatic N) is 4. The van der Waals surface area contributed by atoms with Crippen molar-refractivity contribution in [2.24, 2.45) is 18.0 Å². The average Bonchev–Trinajstić information content (AvgIpc) is 3.08. The van der Waals surface area contributed by atoms with Gasteiger partial charge in [-0.3, -0.25) is 14.9 Å². The monoisotopic (exact) mass is 494 g/mol. The van der Waals surface area contributed by atoms with Crippen LogP contribution in [0.4, 0.5) is 5.69 Å². The summed E-state index contributed by atoms with van der Waals surface area (Å²) in [5.74, 6) is -0.969. The van der Waals surface area contributed by atoms with Crippen molar-refractivity contribution in [2.75, 3.05) is 13.1 Å². The number of nitro benzene ring substituents is 1. The maximum absolute atomic E-state index is 13.0. The van der Waals surface area contributed by atoms with E-state index < -0.39 is 26.8 Å². The molecular weight excluding hydrogens is 476 g/mol. The number of non-ortho nitro benzene ring substituents is 1. The van der Waals surface area contributed by atoms with Crippen LogP contribution in [-0.4, -0.2) is 41.2 Å². The zero-order chi connectivity index (χ0) is 23.0. The number of sulfonamides is 1. The molecule has 9 nitrogen and oxygen atoms in total. The maximum atomic E-state index is 13.0. The lowest BCUT2D eigenvalue weighted by Gasteiger charge is -2.30. The van der Waals surface area contributed by atoms with Crippen LogP contribution in [0.5, 0.6) is 0 Å². The molecule has 4 rings (SSSR count). The summed E-state index contributed by atoms with van der Waals surface area (Å²) in [4.78, 5) is 28.2. The fourth-order valence-electron chi connectivity index (χ4n) is 3.65. The highest BCUT2D eigenvalue weighted by atomic mass is 35.5. The summed E-state index contributed by atoms with van der Waals surface area (Å²) >= 11 is 7.03. The van der Waals surface area contributed by atoms with Gasteiger partial charge in [-0.2, -0.15) is 9.30 Å². The molecule has 0 saturated carbocycles. The molecule has 1 unspecified atom stereocenters. The highest BCUT2D eigenvalue weighted by Crippen LogP contribution is 2.26. The Balaban J connectivity index is 1.59. The molecule has 1 fully saturated rings. The Morgan fingerprint density at radius 1 is 1.25 bits per heavy atom. The molecule has 1 aliphatic heterocycles. The highest BCUT2D eigenvalue weighted by Gasteiger charge is 2.33. The van der Waals surface area contributed by atoms with Gasteiger partial charge in [0.1, 0.15) is 0 Å². The lowest BCUT2D eigenvalue weighted by atomic mass is 9.99. The Kier molecular flexibility index (Phi) is 6.17. The normalized spacial score (nSPS) is 18.2. The fourth-order valence-corrected chi connectivity index (χ4v) is 6.35. The molecule has 2 heterocycles. The van der Waals surface area contributed by atoms with Gasteiger partial charge in [0.2, 0.25) is 10.0 Å². The Bertz CT molecular complexity index is 1380. The van der Waals surface area contributed by atoms with E-state index in [9.17, 15) is 23.3 Å². The van der Waals surface area contributed by atoms with Crippen molar-refractivity contribution in [1.82, 2.24) is 8.87 Å². The molecule has 1 saturated heterocycles. The van der Waals surface area contributed by atoms with Crippen molar-refractivity contribution in [3.63, 3.8) is 0 Å². The van der Waals surface area contributed by atoms with Crippen LogP contribution in [0.25, 0.3) is 10.2 Å². The predicted octanol–water partition coefficient (Wildman–Crippen LogP) is 3.33. The molecular formula is C20H19ClN4O5S2. The number of halogens is 1. The Morgan fingerprint density at radius 3 is 2.66 bits per heavy atom. The van der Waals surface area contributed by atoms with Crippen LogP contribution >= 0.6 is 22.9 Å². The number of aromatic nitrogens is 1. The van der Waals surface area contributed by atoms with Gasteiger partial charge in [0.15, 0.2) is 4.80 Å². The topological polar surface area (TPSA) is 115 Å². The first-order valence-corrected chi connectivity index (χ1v) is 12.4. The minimum absolute atomic E-state index is 0.0347. The highest BCUT2D eigenvalue weighted by molar-refractivity contribution is 7.89. The lowest BCUT2D eigenvalue weighted by Crippen LogP contribution is -2.42. The zero-order valence-electron chi connectivity index (χ0n) is 17.0. The smallest absolute Gasteiger partial charge is 0.270 e. The number of hydrogen-bond acceptors (Lipinski definition) is 6. The Morgan fingerprint density at radius 2 is 1.97 bits per heavy atom. The van der Waals surface area contributed by atoms with E-state index in [1.807, 2.05) is 0 Å². The number of fused-ring (bicyclic) bond motifs is 1. The number of aryl methyl sites for hydroxylation is 1. The van der Waals surface area contributed by atoms with E-state index in [4.69, 9.17) is 11.6 Å². The van der Waals surface area contributed by atoms with E-state index in [2.05, 4.69) is 4.99 Å². The van der Waals surface area contributed by atoms with Gasteiger partial charge in [0.05, 0.1) is 26.0 Å². The Labute approximate surface area is 192 Å². The number of carbonyl (C=O) groups is 1.